The van der Waals surface area contributed by atoms with Gasteiger partial charge in [0.15, 0.2) is 5.69 Å². The van der Waals surface area contributed by atoms with Crippen molar-refractivity contribution in [1.29, 1.82) is 0 Å². The highest BCUT2D eigenvalue weighted by Crippen LogP contribution is 2.33. The lowest BCUT2D eigenvalue weighted by Gasteiger charge is -2.04. The maximum atomic E-state index is 13.8. The number of carboxylic acid groups (broad SMARTS) is 1. The molecular weight excluding hydrogens is 254 g/mol. The summed E-state index contributed by atoms with van der Waals surface area (Å²) >= 11 is 0. The molecule has 2 aromatic rings. The Kier molecular flexibility index (Phi) is 2.58. The fraction of sp³-hybridized carbons (Fsp3) is 0.231. The van der Waals surface area contributed by atoms with Crippen molar-refractivity contribution < 1.29 is 18.7 Å². The van der Waals surface area contributed by atoms with Gasteiger partial charge in [0.2, 0.25) is 0 Å². The molecule has 0 unspecified atom stereocenters. The molecule has 3 rings (SSSR count). The molecule has 0 fully saturated rings. The number of nitrogens with zero attached hydrogens (tertiary/aromatic N) is 2. The molecule has 0 saturated carbocycles. The number of carbonyl (C=O) groups is 1. The molecule has 1 aliphatic heterocycles. The van der Waals surface area contributed by atoms with E-state index in [0.717, 1.165) is 24.6 Å². The third kappa shape index (κ3) is 1.80. The van der Waals surface area contributed by atoms with Crippen LogP contribution in [0.2, 0.25) is 0 Å². The summed E-state index contributed by atoms with van der Waals surface area (Å²) in [4.78, 5) is 11.2. The first kappa shape index (κ1) is 11.8. The number of aromatic nitrogens is 2. The van der Waals surface area contributed by atoms with Crippen molar-refractivity contribution in [3.05, 3.63) is 41.2 Å². The number of rotatable bonds is 2. The van der Waals surface area contributed by atoms with Gasteiger partial charge in [0.05, 0.1) is 0 Å². The Morgan fingerprint density at radius 1 is 1.37 bits per heavy atom. The lowest BCUT2D eigenvalue weighted by molar-refractivity contribution is 0.0690. The Balaban J connectivity index is 2.29. The van der Waals surface area contributed by atoms with Crippen LogP contribution in [-0.2, 0) is 13.0 Å². The summed E-state index contributed by atoms with van der Waals surface area (Å²) in [5.41, 5.74) is 0.587. The molecule has 0 saturated heterocycles. The zero-order valence-corrected chi connectivity index (χ0v) is 9.86. The Morgan fingerprint density at radius 2 is 2.16 bits per heavy atom. The van der Waals surface area contributed by atoms with E-state index in [2.05, 4.69) is 5.10 Å². The Hall–Kier alpha value is -2.24. The average Bonchev–Trinajstić information content (AvgIpc) is 2.92. The van der Waals surface area contributed by atoms with Crippen LogP contribution in [0.3, 0.4) is 0 Å². The first-order valence-corrected chi connectivity index (χ1v) is 5.86. The van der Waals surface area contributed by atoms with Crippen LogP contribution in [0.5, 0.6) is 0 Å². The second-order valence-corrected chi connectivity index (χ2v) is 4.43. The Morgan fingerprint density at radius 3 is 2.89 bits per heavy atom. The molecule has 0 bridgehead atoms. The lowest BCUT2D eigenvalue weighted by Crippen LogP contribution is -2.02. The SMILES string of the molecule is O=C(O)c1nn2c(c1-c1cc(F)ccc1F)CCC2. The molecule has 98 valence electrons. The number of carboxylic acids is 1. The molecule has 4 nitrogen and oxygen atoms in total. The van der Waals surface area contributed by atoms with E-state index in [4.69, 9.17) is 5.11 Å². The van der Waals surface area contributed by atoms with E-state index in [1.165, 1.54) is 0 Å². The molecule has 0 aliphatic carbocycles. The minimum Gasteiger partial charge on any atom is -0.476 e. The molecule has 0 spiro atoms. The van der Waals surface area contributed by atoms with E-state index in [-0.39, 0.29) is 16.8 Å². The van der Waals surface area contributed by atoms with Crippen LogP contribution >= 0.6 is 0 Å². The smallest absolute Gasteiger partial charge is 0.357 e. The van der Waals surface area contributed by atoms with Crippen molar-refractivity contribution in [2.45, 2.75) is 19.4 Å². The third-order valence-corrected chi connectivity index (χ3v) is 3.24. The second kappa shape index (κ2) is 4.15. The number of hydrogen-bond acceptors (Lipinski definition) is 2. The number of hydrogen-bond donors (Lipinski definition) is 1. The van der Waals surface area contributed by atoms with E-state index in [9.17, 15) is 13.6 Å². The normalized spacial score (nSPS) is 13.6. The first-order chi connectivity index (χ1) is 9.08. The quantitative estimate of drug-likeness (QED) is 0.906. The van der Waals surface area contributed by atoms with Crippen LogP contribution in [0.1, 0.15) is 22.6 Å². The summed E-state index contributed by atoms with van der Waals surface area (Å²) in [6.07, 6.45) is 1.44. The molecule has 19 heavy (non-hydrogen) atoms. The van der Waals surface area contributed by atoms with E-state index >= 15 is 0 Å². The van der Waals surface area contributed by atoms with Gasteiger partial charge >= 0.3 is 5.97 Å². The second-order valence-electron chi connectivity index (χ2n) is 4.43. The van der Waals surface area contributed by atoms with E-state index < -0.39 is 17.6 Å². The summed E-state index contributed by atoms with van der Waals surface area (Å²) < 4.78 is 28.7. The van der Waals surface area contributed by atoms with Gasteiger partial charge in [-0.05, 0) is 31.0 Å². The predicted molar refractivity (Wildman–Crippen MR) is 62.9 cm³/mol. The minimum atomic E-state index is -1.24. The van der Waals surface area contributed by atoms with Gasteiger partial charge in [-0.15, -0.1) is 0 Å². The topological polar surface area (TPSA) is 55.1 Å². The fourth-order valence-corrected chi connectivity index (χ4v) is 2.45. The van der Waals surface area contributed by atoms with Gasteiger partial charge in [-0.1, -0.05) is 0 Å². The van der Waals surface area contributed by atoms with Gasteiger partial charge in [0, 0.05) is 23.4 Å². The van der Waals surface area contributed by atoms with Gasteiger partial charge in [0.1, 0.15) is 11.6 Å². The highest BCUT2D eigenvalue weighted by atomic mass is 19.1. The van der Waals surface area contributed by atoms with Crippen molar-refractivity contribution in [3.8, 4) is 11.1 Å². The number of halogens is 2. The molecule has 1 aromatic carbocycles. The van der Waals surface area contributed by atoms with E-state index in [1.54, 1.807) is 4.68 Å². The van der Waals surface area contributed by atoms with Crippen LogP contribution < -0.4 is 0 Å². The standard InChI is InChI=1S/C13H10F2N2O2/c14-7-3-4-9(15)8(6-7)11-10-2-1-5-17(10)16-12(11)13(18)19/h3-4,6H,1-2,5H2,(H,18,19). The summed E-state index contributed by atoms with van der Waals surface area (Å²) in [5, 5.41) is 13.1. The van der Waals surface area contributed by atoms with Crippen LogP contribution in [-0.4, -0.2) is 20.9 Å². The number of aromatic carboxylic acids is 1. The predicted octanol–water partition coefficient (Wildman–Crippen LogP) is 2.47. The van der Waals surface area contributed by atoms with Crippen LogP contribution in [0, 0.1) is 11.6 Å². The van der Waals surface area contributed by atoms with Gasteiger partial charge < -0.3 is 5.11 Å². The maximum Gasteiger partial charge on any atom is 0.357 e. The molecule has 0 radical (unpaired) electrons. The van der Waals surface area contributed by atoms with Gasteiger partial charge in [-0.3, -0.25) is 4.68 Å². The van der Waals surface area contributed by atoms with E-state index in [1.807, 2.05) is 0 Å². The molecule has 2 heterocycles. The third-order valence-electron chi connectivity index (χ3n) is 3.24. The molecule has 0 amide bonds. The highest BCUT2D eigenvalue weighted by Gasteiger charge is 2.28. The van der Waals surface area contributed by atoms with Crippen molar-refractivity contribution >= 4 is 5.97 Å². The molecule has 0 atom stereocenters. The molecular formula is C13H10F2N2O2. The van der Waals surface area contributed by atoms with Crippen molar-refractivity contribution in [2.75, 3.05) is 0 Å². The van der Waals surface area contributed by atoms with Crippen molar-refractivity contribution in [3.63, 3.8) is 0 Å². The number of fused-ring (bicyclic) bond motifs is 1. The largest absolute Gasteiger partial charge is 0.476 e. The molecule has 1 aliphatic rings. The maximum absolute atomic E-state index is 13.8. The van der Waals surface area contributed by atoms with Gasteiger partial charge in [0.25, 0.3) is 0 Å². The Labute approximate surface area is 107 Å². The van der Waals surface area contributed by atoms with Crippen LogP contribution in [0.4, 0.5) is 8.78 Å². The number of aryl methyl sites for hydroxylation is 1. The minimum absolute atomic E-state index is 0.0412. The van der Waals surface area contributed by atoms with E-state index in [0.29, 0.717) is 18.7 Å². The van der Waals surface area contributed by atoms with Gasteiger partial charge in [-0.25, -0.2) is 13.6 Å². The summed E-state index contributed by atoms with van der Waals surface area (Å²) in [6.45, 7) is 0.604. The van der Waals surface area contributed by atoms with Crippen LogP contribution in [0.15, 0.2) is 18.2 Å². The summed E-state index contributed by atoms with van der Waals surface area (Å²) in [7, 11) is 0. The number of benzene rings is 1. The highest BCUT2D eigenvalue weighted by molar-refractivity contribution is 5.95. The summed E-state index contributed by atoms with van der Waals surface area (Å²) in [5.74, 6) is -2.49. The summed E-state index contributed by atoms with van der Waals surface area (Å²) in [6, 6.07) is 3.01. The average molecular weight is 264 g/mol. The lowest BCUT2D eigenvalue weighted by atomic mass is 10.0. The molecule has 1 N–H and O–H groups in total. The van der Waals surface area contributed by atoms with Crippen LogP contribution in [0.25, 0.3) is 11.1 Å². The molecule has 1 aromatic heterocycles. The zero-order chi connectivity index (χ0) is 13.6. The zero-order valence-electron chi connectivity index (χ0n) is 9.86. The monoisotopic (exact) mass is 264 g/mol. The first-order valence-electron chi connectivity index (χ1n) is 5.86. The van der Waals surface area contributed by atoms with Gasteiger partial charge in [-0.2, -0.15) is 5.10 Å². The Bertz CT molecular complexity index is 680. The molecule has 6 heteroatoms. The fourth-order valence-electron chi connectivity index (χ4n) is 2.45. The van der Waals surface area contributed by atoms with Crippen molar-refractivity contribution in [2.24, 2.45) is 0 Å². The van der Waals surface area contributed by atoms with Crippen molar-refractivity contribution in [1.82, 2.24) is 9.78 Å².